The van der Waals surface area contributed by atoms with E-state index in [-0.39, 0.29) is 5.75 Å². The van der Waals surface area contributed by atoms with E-state index in [1.165, 1.54) is 18.4 Å². The first-order valence-electron chi connectivity index (χ1n) is 7.51. The van der Waals surface area contributed by atoms with Gasteiger partial charge in [-0.3, -0.25) is 9.03 Å². The minimum absolute atomic E-state index is 0.108. The van der Waals surface area contributed by atoms with Crippen molar-refractivity contribution in [1.29, 1.82) is 0 Å². The number of nitrogens with one attached hydrogen (secondary N) is 1. The molecule has 1 heterocycles. The molecule has 7 nitrogen and oxygen atoms in total. The average Bonchev–Trinajstić information content (AvgIpc) is 2.88. The molecule has 1 aliphatic rings. The van der Waals surface area contributed by atoms with E-state index in [9.17, 15) is 16.8 Å². The van der Waals surface area contributed by atoms with Gasteiger partial charge in [0, 0.05) is 20.6 Å². The van der Waals surface area contributed by atoms with Crippen LogP contribution in [0.4, 0.5) is 11.4 Å². The quantitative estimate of drug-likeness (QED) is 0.795. The predicted octanol–water partition coefficient (Wildman–Crippen LogP) is 1.40. The van der Waals surface area contributed by atoms with Crippen molar-refractivity contribution in [3.63, 3.8) is 0 Å². The Morgan fingerprint density at radius 2 is 1.91 bits per heavy atom. The van der Waals surface area contributed by atoms with E-state index in [1.54, 1.807) is 18.2 Å². The van der Waals surface area contributed by atoms with E-state index >= 15 is 0 Å². The first-order chi connectivity index (χ1) is 10.7. The highest BCUT2D eigenvalue weighted by Crippen LogP contribution is 2.33. The molecule has 0 unspecified atom stereocenters. The predicted molar refractivity (Wildman–Crippen MR) is 92.4 cm³/mol. The van der Waals surface area contributed by atoms with Gasteiger partial charge in [-0.15, -0.1) is 0 Å². The Balaban J connectivity index is 2.31. The van der Waals surface area contributed by atoms with Gasteiger partial charge in [-0.1, -0.05) is 19.4 Å². The summed E-state index contributed by atoms with van der Waals surface area (Å²) in [5.74, 6) is 0.108. The van der Waals surface area contributed by atoms with Gasteiger partial charge in [0.15, 0.2) is 0 Å². The van der Waals surface area contributed by atoms with Crippen LogP contribution in [0.1, 0.15) is 25.3 Å². The Hall–Kier alpha value is -1.32. The lowest BCUT2D eigenvalue weighted by atomic mass is 10.1. The topological polar surface area (TPSA) is 86.8 Å². The minimum Gasteiger partial charge on any atom is -0.271 e. The molecule has 130 valence electrons. The summed E-state index contributed by atoms with van der Waals surface area (Å²) >= 11 is 0. The molecular formula is C14H23N3O4S2. The highest BCUT2D eigenvalue weighted by Gasteiger charge is 2.29. The SMILES string of the molecule is CCCCS(=O)(=O)N1CCc2ccc(NS(=O)(=O)N(C)C)cc21. The fraction of sp³-hybridized carbons (Fsp3) is 0.571. The zero-order valence-corrected chi connectivity index (χ0v) is 15.2. The molecular weight excluding hydrogens is 338 g/mol. The second kappa shape index (κ2) is 6.66. The molecule has 0 bridgehead atoms. The number of anilines is 2. The van der Waals surface area contributed by atoms with Crippen LogP contribution in [0.2, 0.25) is 0 Å². The van der Waals surface area contributed by atoms with E-state index in [4.69, 9.17) is 0 Å². The maximum Gasteiger partial charge on any atom is 0.301 e. The number of nitrogens with zero attached hydrogens (tertiary/aromatic N) is 2. The maximum absolute atomic E-state index is 12.4. The van der Waals surface area contributed by atoms with Crippen LogP contribution in [-0.2, 0) is 26.7 Å². The van der Waals surface area contributed by atoms with Gasteiger partial charge in [0.1, 0.15) is 0 Å². The molecule has 0 saturated carbocycles. The standard InChI is InChI=1S/C14H23N3O4S2/c1-4-5-10-22(18,19)17-9-8-12-6-7-13(11-14(12)17)15-23(20,21)16(2)3/h6-7,11,15H,4-5,8-10H2,1-3H3. The molecule has 0 amide bonds. The number of hydrogen-bond acceptors (Lipinski definition) is 4. The van der Waals surface area contributed by atoms with E-state index in [1.807, 2.05) is 6.92 Å². The van der Waals surface area contributed by atoms with Gasteiger partial charge >= 0.3 is 10.2 Å². The van der Waals surface area contributed by atoms with Gasteiger partial charge in [-0.05, 0) is 30.5 Å². The summed E-state index contributed by atoms with van der Waals surface area (Å²) < 4.78 is 53.6. The molecule has 9 heteroatoms. The van der Waals surface area contributed by atoms with E-state index in [0.717, 1.165) is 16.3 Å². The fourth-order valence-corrected chi connectivity index (χ4v) is 4.70. The van der Waals surface area contributed by atoms with Crippen molar-refractivity contribution in [3.8, 4) is 0 Å². The summed E-state index contributed by atoms with van der Waals surface area (Å²) in [4.78, 5) is 0. The maximum atomic E-state index is 12.4. The van der Waals surface area contributed by atoms with Crippen molar-refractivity contribution in [3.05, 3.63) is 23.8 Å². The Morgan fingerprint density at radius 1 is 1.22 bits per heavy atom. The van der Waals surface area contributed by atoms with Gasteiger partial charge in [-0.2, -0.15) is 12.7 Å². The number of hydrogen-bond donors (Lipinski definition) is 1. The second-order valence-corrected chi connectivity index (χ2v) is 9.62. The first kappa shape index (κ1) is 18.0. The van der Waals surface area contributed by atoms with Crippen molar-refractivity contribution in [2.45, 2.75) is 26.2 Å². The molecule has 0 spiro atoms. The van der Waals surface area contributed by atoms with Gasteiger partial charge in [0.2, 0.25) is 10.0 Å². The lowest BCUT2D eigenvalue weighted by Gasteiger charge is -2.20. The normalized spacial score (nSPS) is 15.0. The lowest BCUT2D eigenvalue weighted by molar-refractivity contribution is 0.527. The van der Waals surface area contributed by atoms with Crippen molar-refractivity contribution in [2.24, 2.45) is 0 Å². The minimum atomic E-state index is -3.62. The fourth-order valence-electron chi connectivity index (χ4n) is 2.38. The van der Waals surface area contributed by atoms with Crippen LogP contribution >= 0.6 is 0 Å². The molecule has 2 rings (SSSR count). The summed E-state index contributed by atoms with van der Waals surface area (Å²) in [5, 5.41) is 0. The molecule has 0 fully saturated rings. The molecule has 1 N–H and O–H groups in total. The van der Waals surface area contributed by atoms with Gasteiger partial charge in [-0.25, -0.2) is 8.42 Å². The van der Waals surface area contributed by atoms with Gasteiger partial charge in [0.25, 0.3) is 0 Å². The zero-order chi connectivity index (χ0) is 17.3. The highest BCUT2D eigenvalue weighted by molar-refractivity contribution is 7.92. The van der Waals surface area contributed by atoms with E-state index in [2.05, 4.69) is 4.72 Å². The van der Waals surface area contributed by atoms with Crippen molar-refractivity contribution in [1.82, 2.24) is 4.31 Å². The van der Waals surface area contributed by atoms with Crippen LogP contribution in [-0.4, -0.2) is 47.5 Å². The Morgan fingerprint density at radius 3 is 2.52 bits per heavy atom. The first-order valence-corrected chi connectivity index (χ1v) is 10.6. The van der Waals surface area contributed by atoms with Crippen LogP contribution in [0, 0.1) is 0 Å². The number of fused-ring (bicyclic) bond motifs is 1. The number of sulfonamides is 1. The lowest BCUT2D eigenvalue weighted by Crippen LogP contribution is -2.31. The number of benzene rings is 1. The van der Waals surface area contributed by atoms with Crippen LogP contribution in [0.15, 0.2) is 18.2 Å². The second-order valence-electron chi connectivity index (χ2n) is 5.72. The summed E-state index contributed by atoms with van der Waals surface area (Å²) in [6, 6.07) is 5.02. The van der Waals surface area contributed by atoms with E-state index in [0.29, 0.717) is 30.8 Å². The molecule has 0 aromatic heterocycles. The third-order valence-electron chi connectivity index (χ3n) is 3.76. The monoisotopic (exact) mass is 361 g/mol. The van der Waals surface area contributed by atoms with Gasteiger partial charge in [0.05, 0.1) is 17.1 Å². The summed E-state index contributed by atoms with van der Waals surface area (Å²) in [6.45, 7) is 2.35. The molecule has 0 saturated heterocycles. The molecule has 0 atom stereocenters. The average molecular weight is 361 g/mol. The molecule has 1 aliphatic heterocycles. The number of unbranched alkanes of at least 4 members (excludes halogenated alkanes) is 1. The molecule has 0 radical (unpaired) electrons. The Labute approximate surface area is 138 Å². The Bertz CT molecular complexity index is 773. The smallest absolute Gasteiger partial charge is 0.271 e. The third kappa shape index (κ3) is 3.96. The van der Waals surface area contributed by atoms with Crippen LogP contribution in [0.3, 0.4) is 0 Å². The molecule has 1 aromatic carbocycles. The van der Waals surface area contributed by atoms with Crippen molar-refractivity contribution >= 4 is 31.6 Å². The van der Waals surface area contributed by atoms with Crippen LogP contribution in [0.25, 0.3) is 0 Å². The third-order valence-corrected chi connectivity index (χ3v) is 7.07. The summed E-state index contributed by atoms with van der Waals surface area (Å²) in [7, 11) is -4.13. The number of rotatable bonds is 7. The van der Waals surface area contributed by atoms with E-state index < -0.39 is 20.2 Å². The molecule has 1 aromatic rings. The molecule has 0 aliphatic carbocycles. The zero-order valence-electron chi connectivity index (χ0n) is 13.6. The van der Waals surface area contributed by atoms with Crippen LogP contribution < -0.4 is 9.03 Å². The van der Waals surface area contributed by atoms with Gasteiger partial charge < -0.3 is 0 Å². The Kier molecular flexibility index (Phi) is 5.22. The molecule has 23 heavy (non-hydrogen) atoms. The summed E-state index contributed by atoms with van der Waals surface area (Å²) in [5.41, 5.74) is 1.84. The largest absolute Gasteiger partial charge is 0.301 e. The summed E-state index contributed by atoms with van der Waals surface area (Å²) in [6.07, 6.45) is 2.06. The van der Waals surface area contributed by atoms with Crippen molar-refractivity contribution in [2.75, 3.05) is 35.4 Å². The van der Waals surface area contributed by atoms with Crippen molar-refractivity contribution < 1.29 is 16.8 Å². The van der Waals surface area contributed by atoms with Crippen LogP contribution in [0.5, 0.6) is 0 Å². The highest BCUT2D eigenvalue weighted by atomic mass is 32.2.